The van der Waals surface area contributed by atoms with Crippen molar-refractivity contribution < 1.29 is 13.5 Å². The molecule has 1 fully saturated rings. The van der Waals surface area contributed by atoms with Gasteiger partial charge in [-0.15, -0.1) is 0 Å². The van der Waals surface area contributed by atoms with Crippen molar-refractivity contribution >= 4 is 22.6 Å². The number of hydrogen-bond donors (Lipinski definition) is 1. The minimum absolute atomic E-state index is 0.238. The van der Waals surface area contributed by atoms with Gasteiger partial charge < -0.3 is 9.42 Å². The summed E-state index contributed by atoms with van der Waals surface area (Å²) in [6.45, 7) is 5.02. The molecule has 1 saturated heterocycles. The summed E-state index contributed by atoms with van der Waals surface area (Å²) in [4.78, 5) is 14.1. The standard InChI is InChI=1S/C17H21N3O3S/c1-17(2)8-9-20(10-11-24(17)22)16(21)18-15-12-14(23-19-15)13-6-4-3-5-7-13/h3-7,12H,8-11H2,1-2H3,(H,18,19,21). The lowest BCUT2D eigenvalue weighted by Crippen LogP contribution is -2.37. The van der Waals surface area contributed by atoms with Gasteiger partial charge in [0.2, 0.25) is 0 Å². The predicted molar refractivity (Wildman–Crippen MR) is 94.2 cm³/mol. The molecule has 1 N–H and O–H groups in total. The van der Waals surface area contributed by atoms with Gasteiger partial charge in [-0.05, 0) is 20.3 Å². The SMILES string of the molecule is CC1(C)CCN(C(=O)Nc2cc(-c3ccccc3)on2)CCS1=O. The molecule has 2 aromatic rings. The van der Waals surface area contributed by atoms with Crippen LogP contribution in [0.4, 0.5) is 10.6 Å². The fourth-order valence-corrected chi connectivity index (χ4v) is 3.82. The van der Waals surface area contributed by atoms with Gasteiger partial charge in [0.25, 0.3) is 0 Å². The minimum Gasteiger partial charge on any atom is -0.354 e. The van der Waals surface area contributed by atoms with Crippen LogP contribution in [-0.2, 0) is 10.8 Å². The van der Waals surface area contributed by atoms with Gasteiger partial charge in [0, 0.05) is 46.0 Å². The Bertz CT molecular complexity index is 743. The van der Waals surface area contributed by atoms with Gasteiger partial charge in [0.1, 0.15) is 0 Å². The Kier molecular flexibility index (Phi) is 4.71. The number of urea groups is 1. The second kappa shape index (κ2) is 6.76. The highest BCUT2D eigenvalue weighted by atomic mass is 32.2. The van der Waals surface area contributed by atoms with Crippen LogP contribution in [0, 0.1) is 0 Å². The highest BCUT2D eigenvalue weighted by Gasteiger charge is 2.31. The summed E-state index contributed by atoms with van der Waals surface area (Å²) in [5.74, 6) is 1.47. The molecule has 1 aromatic heterocycles. The first-order valence-corrected chi connectivity index (χ1v) is 9.24. The molecule has 6 nitrogen and oxygen atoms in total. The molecule has 0 spiro atoms. The Hall–Kier alpha value is -2.15. The molecule has 7 heteroatoms. The molecule has 1 aromatic carbocycles. The number of nitrogens with one attached hydrogen (secondary N) is 1. The summed E-state index contributed by atoms with van der Waals surface area (Å²) in [5.41, 5.74) is 0.900. The molecule has 1 atom stereocenters. The van der Waals surface area contributed by atoms with E-state index < -0.39 is 10.8 Å². The summed E-state index contributed by atoms with van der Waals surface area (Å²) in [6, 6.07) is 11.0. The largest absolute Gasteiger partial charge is 0.354 e. The van der Waals surface area contributed by atoms with Crippen LogP contribution >= 0.6 is 0 Å². The lowest BCUT2D eigenvalue weighted by Gasteiger charge is -2.22. The van der Waals surface area contributed by atoms with Crippen LogP contribution in [0.3, 0.4) is 0 Å². The number of anilines is 1. The van der Waals surface area contributed by atoms with Crippen molar-refractivity contribution in [1.29, 1.82) is 0 Å². The summed E-state index contributed by atoms with van der Waals surface area (Å²) in [6.07, 6.45) is 0.709. The number of rotatable bonds is 2. The van der Waals surface area contributed by atoms with E-state index >= 15 is 0 Å². The molecule has 24 heavy (non-hydrogen) atoms. The third-order valence-electron chi connectivity index (χ3n) is 4.24. The van der Waals surface area contributed by atoms with Crippen molar-refractivity contribution in [1.82, 2.24) is 10.1 Å². The second-order valence-electron chi connectivity index (χ2n) is 6.42. The average molecular weight is 347 g/mol. The monoisotopic (exact) mass is 347 g/mol. The fraction of sp³-hybridized carbons (Fsp3) is 0.412. The highest BCUT2D eigenvalue weighted by Crippen LogP contribution is 2.24. The maximum atomic E-state index is 12.4. The first kappa shape index (κ1) is 16.7. The van der Waals surface area contributed by atoms with Gasteiger partial charge in [0.15, 0.2) is 11.6 Å². The Balaban J connectivity index is 1.65. The Morgan fingerprint density at radius 2 is 2.04 bits per heavy atom. The van der Waals surface area contributed by atoms with Crippen LogP contribution in [0.5, 0.6) is 0 Å². The number of amides is 2. The number of nitrogens with zero attached hydrogens (tertiary/aromatic N) is 2. The summed E-state index contributed by atoms with van der Waals surface area (Å²) in [7, 11) is -0.928. The van der Waals surface area contributed by atoms with E-state index in [1.165, 1.54) is 0 Å². The molecule has 0 aliphatic carbocycles. The second-order valence-corrected chi connectivity index (χ2v) is 8.62. The molecule has 0 bridgehead atoms. The molecule has 1 aliphatic rings. The topological polar surface area (TPSA) is 75.4 Å². The average Bonchev–Trinajstić information content (AvgIpc) is 2.98. The number of carbonyl (C=O) groups is 1. The Morgan fingerprint density at radius 1 is 1.29 bits per heavy atom. The van der Waals surface area contributed by atoms with Gasteiger partial charge in [-0.3, -0.25) is 9.53 Å². The van der Waals surface area contributed by atoms with Crippen LogP contribution in [0.2, 0.25) is 0 Å². The van der Waals surface area contributed by atoms with Crippen molar-refractivity contribution in [2.45, 2.75) is 25.0 Å². The zero-order valence-electron chi connectivity index (χ0n) is 13.8. The van der Waals surface area contributed by atoms with E-state index in [4.69, 9.17) is 4.52 Å². The molecular weight excluding hydrogens is 326 g/mol. The van der Waals surface area contributed by atoms with E-state index in [1.54, 1.807) is 11.0 Å². The van der Waals surface area contributed by atoms with Crippen LogP contribution in [0.25, 0.3) is 11.3 Å². The lowest BCUT2D eigenvalue weighted by molar-refractivity contribution is 0.214. The van der Waals surface area contributed by atoms with Gasteiger partial charge >= 0.3 is 6.03 Å². The van der Waals surface area contributed by atoms with Crippen molar-refractivity contribution in [3.8, 4) is 11.3 Å². The third-order valence-corrected chi connectivity index (χ3v) is 6.23. The summed E-state index contributed by atoms with van der Waals surface area (Å²) < 4.78 is 17.2. The summed E-state index contributed by atoms with van der Waals surface area (Å²) in [5, 5.41) is 6.66. The molecule has 3 rings (SSSR count). The predicted octanol–water partition coefficient (Wildman–Crippen LogP) is 3.11. The van der Waals surface area contributed by atoms with Crippen molar-refractivity contribution in [2.75, 3.05) is 24.2 Å². The first-order valence-electron chi connectivity index (χ1n) is 7.92. The van der Waals surface area contributed by atoms with Crippen LogP contribution in [0.1, 0.15) is 20.3 Å². The van der Waals surface area contributed by atoms with E-state index in [0.717, 1.165) is 5.56 Å². The zero-order valence-corrected chi connectivity index (χ0v) is 14.6. The zero-order chi connectivity index (χ0) is 17.2. The number of carbonyl (C=O) groups excluding carboxylic acids is 1. The Labute approximate surface area is 143 Å². The normalized spacial score (nSPS) is 20.4. The lowest BCUT2D eigenvalue weighted by atomic mass is 10.1. The van der Waals surface area contributed by atoms with E-state index in [2.05, 4.69) is 10.5 Å². The van der Waals surface area contributed by atoms with E-state index in [-0.39, 0.29) is 10.8 Å². The van der Waals surface area contributed by atoms with Gasteiger partial charge in [-0.1, -0.05) is 35.5 Å². The molecule has 0 radical (unpaired) electrons. The maximum absolute atomic E-state index is 12.4. The number of aromatic nitrogens is 1. The number of benzene rings is 1. The molecule has 1 unspecified atom stereocenters. The van der Waals surface area contributed by atoms with Gasteiger partial charge in [-0.2, -0.15) is 0 Å². The van der Waals surface area contributed by atoms with E-state index in [1.807, 2.05) is 44.2 Å². The van der Waals surface area contributed by atoms with Gasteiger partial charge in [-0.25, -0.2) is 4.79 Å². The molecule has 128 valence electrons. The maximum Gasteiger partial charge on any atom is 0.323 e. The third kappa shape index (κ3) is 3.67. The Morgan fingerprint density at radius 3 is 2.79 bits per heavy atom. The minimum atomic E-state index is -0.928. The van der Waals surface area contributed by atoms with E-state index in [9.17, 15) is 9.00 Å². The smallest absolute Gasteiger partial charge is 0.323 e. The molecule has 2 heterocycles. The number of hydrogen-bond acceptors (Lipinski definition) is 4. The fourth-order valence-electron chi connectivity index (χ4n) is 2.56. The van der Waals surface area contributed by atoms with Crippen LogP contribution < -0.4 is 5.32 Å². The van der Waals surface area contributed by atoms with Crippen molar-refractivity contribution in [3.05, 3.63) is 36.4 Å². The van der Waals surface area contributed by atoms with Crippen molar-refractivity contribution in [3.63, 3.8) is 0 Å². The van der Waals surface area contributed by atoms with Crippen LogP contribution in [-0.4, -0.2) is 43.9 Å². The summed E-state index contributed by atoms with van der Waals surface area (Å²) >= 11 is 0. The quantitative estimate of drug-likeness (QED) is 0.906. The van der Waals surface area contributed by atoms with Crippen molar-refractivity contribution in [2.24, 2.45) is 0 Å². The van der Waals surface area contributed by atoms with Crippen LogP contribution in [0.15, 0.2) is 40.9 Å². The molecule has 1 aliphatic heterocycles. The highest BCUT2D eigenvalue weighted by molar-refractivity contribution is 7.86. The molecular formula is C17H21N3O3S. The molecule has 2 amide bonds. The van der Waals surface area contributed by atoms with E-state index in [0.29, 0.717) is 36.8 Å². The first-order chi connectivity index (χ1) is 11.5. The molecule has 0 saturated carbocycles. The van der Waals surface area contributed by atoms with Gasteiger partial charge in [0.05, 0.1) is 0 Å².